The van der Waals surface area contributed by atoms with Gasteiger partial charge in [0.05, 0.1) is 5.69 Å². The minimum atomic E-state index is 0.785. The van der Waals surface area contributed by atoms with E-state index in [0.29, 0.717) is 0 Å². The number of nitrogens with zero attached hydrogens (tertiary/aromatic N) is 2. The molecule has 0 saturated heterocycles. The molecule has 0 unspecified atom stereocenters. The van der Waals surface area contributed by atoms with Crippen LogP contribution in [0.25, 0.3) is 17.0 Å². The number of benzene rings is 1. The quantitative estimate of drug-likeness (QED) is 0.788. The van der Waals surface area contributed by atoms with Crippen LogP contribution in [-0.2, 0) is 0 Å². The zero-order chi connectivity index (χ0) is 12.2. The van der Waals surface area contributed by atoms with Crippen LogP contribution in [0.5, 0.6) is 0 Å². The van der Waals surface area contributed by atoms with Crippen molar-refractivity contribution in [1.29, 1.82) is 0 Å². The number of hydrogen-bond acceptors (Lipinski definition) is 2. The van der Waals surface area contributed by atoms with Gasteiger partial charge in [-0.3, -0.25) is 0 Å². The third-order valence-corrected chi connectivity index (χ3v) is 2.98. The molecular weight excluding hydrogens is 220 g/mol. The molecule has 0 saturated carbocycles. The molecule has 1 aliphatic carbocycles. The molecule has 0 aliphatic heterocycles. The number of rotatable bonds is 2. The fourth-order valence-electron chi connectivity index (χ4n) is 2.05. The zero-order valence-corrected chi connectivity index (χ0v) is 10.1. The normalized spacial score (nSPS) is 14.3. The summed E-state index contributed by atoms with van der Waals surface area (Å²) in [5.41, 5.74) is 3.25. The van der Waals surface area contributed by atoms with Gasteiger partial charge in [0.25, 0.3) is 0 Å². The van der Waals surface area contributed by atoms with Crippen molar-refractivity contribution < 1.29 is 0 Å². The SMILES string of the molecule is C1=CC(c2ccnc(-c3ccccc3)n2)=CCC1. The first-order valence-corrected chi connectivity index (χ1v) is 6.19. The van der Waals surface area contributed by atoms with E-state index in [1.54, 1.807) is 0 Å². The number of allylic oxidation sites excluding steroid dienone is 4. The molecule has 2 nitrogen and oxygen atoms in total. The molecule has 0 atom stereocenters. The predicted octanol–water partition coefficient (Wildman–Crippen LogP) is 3.88. The summed E-state index contributed by atoms with van der Waals surface area (Å²) >= 11 is 0. The molecule has 1 aromatic carbocycles. The summed E-state index contributed by atoms with van der Waals surface area (Å²) in [5, 5.41) is 0. The van der Waals surface area contributed by atoms with Crippen molar-refractivity contribution in [2.24, 2.45) is 0 Å². The van der Waals surface area contributed by atoms with Crippen LogP contribution in [0.2, 0.25) is 0 Å². The van der Waals surface area contributed by atoms with Gasteiger partial charge in [0.1, 0.15) is 0 Å². The standard InChI is InChI=1S/C16H14N2/c1-3-7-13(8-4-1)15-11-12-17-16(18-15)14-9-5-2-6-10-14/h2-3,5-12H,1,4H2. The van der Waals surface area contributed by atoms with Gasteiger partial charge < -0.3 is 0 Å². The fraction of sp³-hybridized carbons (Fsp3) is 0.125. The maximum Gasteiger partial charge on any atom is 0.159 e. The van der Waals surface area contributed by atoms with Crippen LogP contribution in [0.3, 0.4) is 0 Å². The topological polar surface area (TPSA) is 25.8 Å². The van der Waals surface area contributed by atoms with E-state index in [2.05, 4.69) is 28.2 Å². The van der Waals surface area contributed by atoms with Gasteiger partial charge in [-0.15, -0.1) is 0 Å². The van der Waals surface area contributed by atoms with E-state index >= 15 is 0 Å². The maximum atomic E-state index is 4.64. The van der Waals surface area contributed by atoms with Gasteiger partial charge in [0.2, 0.25) is 0 Å². The molecule has 0 bridgehead atoms. The van der Waals surface area contributed by atoms with E-state index in [0.717, 1.165) is 29.9 Å². The van der Waals surface area contributed by atoms with Gasteiger partial charge in [-0.25, -0.2) is 9.97 Å². The third kappa shape index (κ3) is 2.23. The molecule has 2 aromatic rings. The lowest BCUT2D eigenvalue weighted by molar-refractivity contribution is 1.03. The fourth-order valence-corrected chi connectivity index (χ4v) is 2.05. The van der Waals surface area contributed by atoms with Crippen LogP contribution in [0, 0.1) is 0 Å². The van der Waals surface area contributed by atoms with Crippen molar-refractivity contribution in [3.05, 3.63) is 66.5 Å². The van der Waals surface area contributed by atoms with E-state index in [1.165, 1.54) is 5.57 Å². The van der Waals surface area contributed by atoms with E-state index < -0.39 is 0 Å². The summed E-state index contributed by atoms with van der Waals surface area (Å²) in [6, 6.07) is 12.0. The van der Waals surface area contributed by atoms with Crippen molar-refractivity contribution in [3.8, 4) is 11.4 Å². The Bertz CT molecular complexity index is 598. The van der Waals surface area contributed by atoms with Crippen LogP contribution < -0.4 is 0 Å². The highest BCUT2D eigenvalue weighted by Gasteiger charge is 2.05. The average molecular weight is 234 g/mol. The number of hydrogen-bond donors (Lipinski definition) is 0. The molecular formula is C16H14N2. The van der Waals surface area contributed by atoms with Gasteiger partial charge in [0.15, 0.2) is 5.82 Å². The molecule has 2 heteroatoms. The Hall–Kier alpha value is -2.22. The van der Waals surface area contributed by atoms with Crippen LogP contribution in [0.15, 0.2) is 60.8 Å². The Balaban J connectivity index is 1.99. The minimum Gasteiger partial charge on any atom is -0.237 e. The minimum absolute atomic E-state index is 0.785. The molecule has 0 spiro atoms. The smallest absolute Gasteiger partial charge is 0.159 e. The van der Waals surface area contributed by atoms with E-state index in [9.17, 15) is 0 Å². The Morgan fingerprint density at radius 2 is 1.83 bits per heavy atom. The molecule has 88 valence electrons. The largest absolute Gasteiger partial charge is 0.237 e. The Kier molecular flexibility index (Phi) is 3.01. The molecule has 0 fully saturated rings. The maximum absolute atomic E-state index is 4.64. The second-order valence-corrected chi connectivity index (χ2v) is 4.27. The van der Waals surface area contributed by atoms with Gasteiger partial charge in [-0.2, -0.15) is 0 Å². The highest BCUT2D eigenvalue weighted by atomic mass is 14.9. The molecule has 1 aliphatic rings. The Labute approximate surface area is 107 Å². The first-order valence-electron chi connectivity index (χ1n) is 6.19. The first-order chi connectivity index (χ1) is 8.93. The van der Waals surface area contributed by atoms with Gasteiger partial charge in [-0.05, 0) is 24.5 Å². The lowest BCUT2D eigenvalue weighted by atomic mass is 10.0. The van der Waals surface area contributed by atoms with Crippen LogP contribution in [0.4, 0.5) is 0 Å². The molecule has 0 N–H and O–H groups in total. The Morgan fingerprint density at radius 1 is 0.944 bits per heavy atom. The highest BCUT2D eigenvalue weighted by Crippen LogP contribution is 2.21. The van der Waals surface area contributed by atoms with Gasteiger partial charge in [-0.1, -0.05) is 48.6 Å². The molecule has 18 heavy (non-hydrogen) atoms. The van der Waals surface area contributed by atoms with Gasteiger partial charge >= 0.3 is 0 Å². The summed E-state index contributed by atoms with van der Waals surface area (Å²) in [7, 11) is 0. The summed E-state index contributed by atoms with van der Waals surface area (Å²) in [4.78, 5) is 8.98. The first kappa shape index (κ1) is 10.9. The van der Waals surface area contributed by atoms with E-state index in [4.69, 9.17) is 0 Å². The Morgan fingerprint density at radius 3 is 2.61 bits per heavy atom. The highest BCUT2D eigenvalue weighted by molar-refractivity contribution is 5.73. The third-order valence-electron chi connectivity index (χ3n) is 2.98. The molecule has 3 rings (SSSR count). The molecule has 1 heterocycles. The lowest BCUT2D eigenvalue weighted by Crippen LogP contribution is -1.95. The van der Waals surface area contributed by atoms with Crippen LogP contribution in [-0.4, -0.2) is 9.97 Å². The van der Waals surface area contributed by atoms with Crippen molar-refractivity contribution in [2.75, 3.05) is 0 Å². The number of aromatic nitrogens is 2. The summed E-state index contributed by atoms with van der Waals surface area (Å²) in [5.74, 6) is 0.785. The summed E-state index contributed by atoms with van der Waals surface area (Å²) in [6.07, 6.45) is 10.6. The van der Waals surface area contributed by atoms with Crippen LogP contribution >= 0.6 is 0 Å². The zero-order valence-electron chi connectivity index (χ0n) is 10.1. The van der Waals surface area contributed by atoms with E-state index in [-0.39, 0.29) is 0 Å². The molecule has 1 aromatic heterocycles. The average Bonchev–Trinajstić information content (AvgIpc) is 2.49. The summed E-state index contributed by atoms with van der Waals surface area (Å²) < 4.78 is 0. The second kappa shape index (κ2) is 4.96. The van der Waals surface area contributed by atoms with Crippen molar-refractivity contribution in [1.82, 2.24) is 9.97 Å². The second-order valence-electron chi connectivity index (χ2n) is 4.27. The van der Waals surface area contributed by atoms with Crippen molar-refractivity contribution in [2.45, 2.75) is 12.8 Å². The lowest BCUT2D eigenvalue weighted by Gasteiger charge is -2.07. The predicted molar refractivity (Wildman–Crippen MR) is 73.8 cm³/mol. The molecule has 0 radical (unpaired) electrons. The van der Waals surface area contributed by atoms with Crippen LogP contribution in [0.1, 0.15) is 18.5 Å². The van der Waals surface area contributed by atoms with Crippen molar-refractivity contribution >= 4 is 5.57 Å². The van der Waals surface area contributed by atoms with E-state index in [1.807, 2.05) is 42.6 Å². The summed E-state index contributed by atoms with van der Waals surface area (Å²) in [6.45, 7) is 0. The van der Waals surface area contributed by atoms with Gasteiger partial charge in [0, 0.05) is 11.8 Å². The molecule has 0 amide bonds. The monoisotopic (exact) mass is 234 g/mol. The van der Waals surface area contributed by atoms with Crippen molar-refractivity contribution in [3.63, 3.8) is 0 Å².